The van der Waals surface area contributed by atoms with Gasteiger partial charge in [0.15, 0.2) is 0 Å². The summed E-state index contributed by atoms with van der Waals surface area (Å²) >= 11 is 1.66. The molecule has 1 aliphatic heterocycles. The van der Waals surface area contributed by atoms with E-state index in [4.69, 9.17) is 9.98 Å². The van der Waals surface area contributed by atoms with E-state index in [0.717, 1.165) is 71.0 Å². The topological polar surface area (TPSA) is 31.7 Å². The zero-order valence-electron chi connectivity index (χ0n) is 20.1. The maximum Gasteiger partial charge on any atom is 0.146 e. The number of nitrogens with zero attached hydrogens (tertiary/aromatic N) is 4. The summed E-state index contributed by atoms with van der Waals surface area (Å²) < 4.78 is 0. The van der Waals surface area contributed by atoms with Crippen LogP contribution in [-0.2, 0) is 0 Å². The largest absolute Gasteiger partial charge is 0.354 e. The molecule has 1 fully saturated rings. The number of piperazine rings is 1. The van der Waals surface area contributed by atoms with E-state index in [-0.39, 0.29) is 0 Å². The molecule has 1 aromatic heterocycles. The molecule has 2 heterocycles. The molecule has 0 bridgehead atoms. The zero-order chi connectivity index (χ0) is 24.0. The van der Waals surface area contributed by atoms with Crippen molar-refractivity contribution in [3.05, 3.63) is 109 Å². The molecule has 0 N–H and O–H groups in total. The summed E-state index contributed by atoms with van der Waals surface area (Å²) in [5.74, 6) is 1.02. The van der Waals surface area contributed by atoms with E-state index in [0.29, 0.717) is 0 Å². The smallest absolute Gasteiger partial charge is 0.146 e. The van der Waals surface area contributed by atoms with Crippen molar-refractivity contribution in [2.45, 2.75) is 6.92 Å². The van der Waals surface area contributed by atoms with Crippen LogP contribution >= 0.6 is 11.3 Å². The number of aromatic nitrogens is 1. The van der Waals surface area contributed by atoms with Crippen molar-refractivity contribution in [3.63, 3.8) is 0 Å². The first-order valence-electron chi connectivity index (χ1n) is 12.1. The molecular formula is C30H30N4S. The number of aliphatic imine (C=N–C) groups is 1. The standard InChI is InChI=1S/C30H30N4S/c1-3-18-33-19-21-34(22-20-33)28(25-16-14-23(2)15-17-25)32-30-27(24-10-6-4-7-11-24)31-29(35-30)26-12-8-5-9-13-26/h3-17H,1,18-22H2,2H3/b32-28+. The lowest BCUT2D eigenvalue weighted by Gasteiger charge is -2.36. The zero-order valence-corrected chi connectivity index (χ0v) is 20.9. The van der Waals surface area contributed by atoms with Crippen LogP contribution in [0.3, 0.4) is 0 Å². The second-order valence-electron chi connectivity index (χ2n) is 8.78. The second kappa shape index (κ2) is 10.8. The average Bonchev–Trinajstić information content (AvgIpc) is 3.34. The molecule has 0 saturated carbocycles. The molecule has 0 radical (unpaired) electrons. The maximum atomic E-state index is 5.34. The van der Waals surface area contributed by atoms with Gasteiger partial charge in [0.05, 0.1) is 0 Å². The number of hydrogen-bond donors (Lipinski definition) is 0. The van der Waals surface area contributed by atoms with Gasteiger partial charge in [-0.2, -0.15) is 0 Å². The van der Waals surface area contributed by atoms with E-state index >= 15 is 0 Å². The highest BCUT2D eigenvalue weighted by Crippen LogP contribution is 2.40. The van der Waals surface area contributed by atoms with Gasteiger partial charge in [-0.1, -0.05) is 108 Å². The van der Waals surface area contributed by atoms with Crippen LogP contribution in [0.5, 0.6) is 0 Å². The van der Waals surface area contributed by atoms with Gasteiger partial charge in [0, 0.05) is 49.4 Å². The van der Waals surface area contributed by atoms with Crippen molar-refractivity contribution < 1.29 is 0 Å². The predicted molar refractivity (Wildman–Crippen MR) is 149 cm³/mol. The monoisotopic (exact) mass is 478 g/mol. The number of thiazole rings is 1. The Morgan fingerprint density at radius 2 is 1.51 bits per heavy atom. The van der Waals surface area contributed by atoms with E-state index in [9.17, 15) is 0 Å². The molecule has 0 atom stereocenters. The van der Waals surface area contributed by atoms with Crippen LogP contribution in [0, 0.1) is 6.92 Å². The Morgan fingerprint density at radius 3 is 2.14 bits per heavy atom. The van der Waals surface area contributed by atoms with Crippen molar-refractivity contribution in [2.24, 2.45) is 4.99 Å². The predicted octanol–water partition coefficient (Wildman–Crippen LogP) is 6.67. The minimum absolute atomic E-state index is 0.929. The molecule has 5 heteroatoms. The third-order valence-corrected chi connectivity index (χ3v) is 7.25. The van der Waals surface area contributed by atoms with E-state index in [2.05, 4.69) is 96.1 Å². The lowest BCUT2D eigenvalue weighted by atomic mass is 10.1. The SMILES string of the molecule is C=CCN1CCN(/C(=N/c2sc(-c3ccccc3)nc2-c2ccccc2)c2ccc(C)cc2)CC1. The fourth-order valence-corrected chi connectivity index (χ4v) is 5.28. The van der Waals surface area contributed by atoms with Crippen LogP contribution in [0.1, 0.15) is 11.1 Å². The highest BCUT2D eigenvalue weighted by Gasteiger charge is 2.22. The number of hydrogen-bond acceptors (Lipinski definition) is 4. The molecule has 0 spiro atoms. The highest BCUT2D eigenvalue weighted by atomic mass is 32.1. The normalized spacial score (nSPS) is 14.8. The summed E-state index contributed by atoms with van der Waals surface area (Å²) in [6.45, 7) is 10.8. The highest BCUT2D eigenvalue weighted by molar-refractivity contribution is 7.19. The van der Waals surface area contributed by atoms with Crippen molar-refractivity contribution in [1.29, 1.82) is 0 Å². The third kappa shape index (κ3) is 5.42. The summed E-state index contributed by atoms with van der Waals surface area (Å²) in [6.07, 6.45) is 1.99. The van der Waals surface area contributed by atoms with Gasteiger partial charge in [-0.15, -0.1) is 6.58 Å². The van der Waals surface area contributed by atoms with Gasteiger partial charge in [-0.3, -0.25) is 4.90 Å². The van der Waals surface area contributed by atoms with Gasteiger partial charge in [-0.05, 0) is 6.92 Å². The molecule has 1 aliphatic rings. The molecule has 5 rings (SSSR count). The lowest BCUT2D eigenvalue weighted by molar-refractivity contribution is 0.198. The van der Waals surface area contributed by atoms with Crippen LogP contribution in [-0.4, -0.2) is 53.3 Å². The first-order chi connectivity index (χ1) is 17.2. The molecular weight excluding hydrogens is 448 g/mol. The Balaban J connectivity index is 1.60. The first-order valence-corrected chi connectivity index (χ1v) is 12.9. The summed E-state index contributed by atoms with van der Waals surface area (Å²) in [5.41, 5.74) is 5.53. The molecule has 35 heavy (non-hydrogen) atoms. The molecule has 0 aliphatic carbocycles. The van der Waals surface area contributed by atoms with Crippen molar-refractivity contribution in [2.75, 3.05) is 32.7 Å². The third-order valence-electron chi connectivity index (χ3n) is 6.25. The Morgan fingerprint density at radius 1 is 0.886 bits per heavy atom. The second-order valence-corrected chi connectivity index (χ2v) is 9.76. The first kappa shape index (κ1) is 23.2. The minimum Gasteiger partial charge on any atom is -0.354 e. The molecule has 4 nitrogen and oxygen atoms in total. The van der Waals surface area contributed by atoms with E-state index < -0.39 is 0 Å². The molecule has 0 amide bonds. The van der Waals surface area contributed by atoms with Crippen LogP contribution in [0.25, 0.3) is 21.8 Å². The van der Waals surface area contributed by atoms with E-state index in [1.165, 1.54) is 5.56 Å². The van der Waals surface area contributed by atoms with E-state index in [1.54, 1.807) is 11.3 Å². The number of amidine groups is 1. The number of aryl methyl sites for hydroxylation is 1. The Labute approximate surface area is 211 Å². The van der Waals surface area contributed by atoms with Crippen molar-refractivity contribution >= 4 is 22.2 Å². The van der Waals surface area contributed by atoms with Crippen LogP contribution < -0.4 is 0 Å². The van der Waals surface area contributed by atoms with Crippen LogP contribution in [0.15, 0.2) is 103 Å². The summed E-state index contributed by atoms with van der Waals surface area (Å²) in [6, 6.07) is 29.5. The van der Waals surface area contributed by atoms with Crippen molar-refractivity contribution in [1.82, 2.24) is 14.8 Å². The Hall–Kier alpha value is -3.54. The summed E-state index contributed by atoms with van der Waals surface area (Å²) in [7, 11) is 0. The fraction of sp³-hybridized carbons (Fsp3) is 0.200. The maximum absolute atomic E-state index is 5.34. The quantitative estimate of drug-likeness (QED) is 0.176. The van der Waals surface area contributed by atoms with Crippen LogP contribution in [0.2, 0.25) is 0 Å². The summed E-state index contributed by atoms with van der Waals surface area (Å²) in [5, 5.41) is 1.93. The van der Waals surface area contributed by atoms with Gasteiger partial charge in [0.2, 0.25) is 0 Å². The average molecular weight is 479 g/mol. The van der Waals surface area contributed by atoms with E-state index in [1.807, 2.05) is 18.2 Å². The molecule has 0 unspecified atom stereocenters. The van der Waals surface area contributed by atoms with Gasteiger partial charge in [-0.25, -0.2) is 9.98 Å². The lowest BCUT2D eigenvalue weighted by Crippen LogP contribution is -2.48. The Kier molecular flexibility index (Phi) is 7.17. The van der Waals surface area contributed by atoms with Crippen molar-refractivity contribution in [3.8, 4) is 21.8 Å². The molecule has 4 aromatic rings. The minimum atomic E-state index is 0.929. The van der Waals surface area contributed by atoms with Gasteiger partial charge >= 0.3 is 0 Å². The molecule has 1 saturated heterocycles. The fourth-order valence-electron chi connectivity index (χ4n) is 4.32. The number of rotatable bonds is 6. The molecule has 3 aromatic carbocycles. The van der Waals surface area contributed by atoms with Gasteiger partial charge < -0.3 is 4.90 Å². The number of benzene rings is 3. The van der Waals surface area contributed by atoms with Gasteiger partial charge in [0.25, 0.3) is 0 Å². The molecule has 176 valence electrons. The summed E-state index contributed by atoms with van der Waals surface area (Å²) in [4.78, 5) is 15.3. The van der Waals surface area contributed by atoms with Gasteiger partial charge in [0.1, 0.15) is 21.5 Å². The van der Waals surface area contributed by atoms with Crippen LogP contribution in [0.4, 0.5) is 5.00 Å². The Bertz CT molecular complexity index is 1290.